The summed E-state index contributed by atoms with van der Waals surface area (Å²) < 4.78 is 29.2. The Morgan fingerprint density at radius 3 is 2.39 bits per heavy atom. The fourth-order valence-electron chi connectivity index (χ4n) is 5.08. The monoisotopic (exact) mass is 471 g/mol. The van der Waals surface area contributed by atoms with Crippen molar-refractivity contribution in [2.75, 3.05) is 42.3 Å². The van der Waals surface area contributed by atoms with E-state index in [2.05, 4.69) is 14.5 Å². The zero-order valence-electron chi connectivity index (χ0n) is 19.4. The lowest BCUT2D eigenvalue weighted by Gasteiger charge is -2.37. The van der Waals surface area contributed by atoms with Gasteiger partial charge in [0.25, 0.3) is 10.0 Å². The molecule has 0 amide bonds. The van der Waals surface area contributed by atoms with E-state index in [-0.39, 0.29) is 10.5 Å². The molecule has 0 bridgehead atoms. The number of benzene rings is 2. The van der Waals surface area contributed by atoms with Crippen LogP contribution in [-0.4, -0.2) is 57.1 Å². The Bertz CT molecular complexity index is 1110. The molecule has 2 saturated heterocycles. The van der Waals surface area contributed by atoms with Gasteiger partial charge in [-0.2, -0.15) is 0 Å². The van der Waals surface area contributed by atoms with Gasteiger partial charge in [-0.05, 0) is 100.0 Å². The van der Waals surface area contributed by atoms with Crippen molar-refractivity contribution in [3.05, 3.63) is 53.1 Å². The first-order valence-electron chi connectivity index (χ1n) is 11.7. The maximum atomic E-state index is 13.2. The summed E-state index contributed by atoms with van der Waals surface area (Å²) in [5.41, 5.74) is 2.82. The maximum absolute atomic E-state index is 13.2. The van der Waals surface area contributed by atoms with Crippen LogP contribution < -0.4 is 9.62 Å². The van der Waals surface area contributed by atoms with Crippen molar-refractivity contribution >= 4 is 27.4 Å². The van der Waals surface area contributed by atoms with Crippen LogP contribution in [0.25, 0.3) is 0 Å². The summed E-state index contributed by atoms with van der Waals surface area (Å²) in [7, 11) is -3.87. The van der Waals surface area contributed by atoms with Crippen LogP contribution in [0, 0.1) is 19.8 Å². The van der Waals surface area contributed by atoms with Gasteiger partial charge in [-0.1, -0.05) is 6.07 Å². The van der Waals surface area contributed by atoms with E-state index in [1.807, 2.05) is 19.9 Å². The molecule has 0 aliphatic carbocycles. The van der Waals surface area contributed by atoms with Crippen LogP contribution in [0.1, 0.15) is 47.2 Å². The van der Waals surface area contributed by atoms with Crippen molar-refractivity contribution in [3.63, 3.8) is 0 Å². The molecular weight excluding hydrogens is 438 g/mol. The van der Waals surface area contributed by atoms with Crippen LogP contribution in [0.5, 0.6) is 0 Å². The number of carboxylic acid groups (broad SMARTS) is 1. The Morgan fingerprint density at radius 2 is 1.73 bits per heavy atom. The molecule has 2 aromatic carbocycles. The van der Waals surface area contributed by atoms with E-state index in [9.17, 15) is 18.3 Å². The summed E-state index contributed by atoms with van der Waals surface area (Å²) in [5, 5.41) is 9.50. The lowest BCUT2D eigenvalue weighted by Crippen LogP contribution is -2.40. The number of piperidine rings is 1. The topological polar surface area (TPSA) is 89.9 Å². The number of sulfonamides is 1. The van der Waals surface area contributed by atoms with Gasteiger partial charge in [-0.15, -0.1) is 0 Å². The van der Waals surface area contributed by atoms with E-state index in [1.165, 1.54) is 18.9 Å². The number of nitrogens with one attached hydrogen (secondary N) is 1. The van der Waals surface area contributed by atoms with E-state index in [0.29, 0.717) is 11.6 Å². The van der Waals surface area contributed by atoms with Gasteiger partial charge in [0.05, 0.1) is 21.8 Å². The first kappa shape index (κ1) is 23.6. The van der Waals surface area contributed by atoms with Crippen molar-refractivity contribution in [1.82, 2.24) is 4.90 Å². The molecule has 33 heavy (non-hydrogen) atoms. The van der Waals surface area contributed by atoms with E-state index in [4.69, 9.17) is 0 Å². The number of aryl methyl sites for hydroxylation is 2. The molecule has 0 spiro atoms. The number of carboxylic acids is 1. The number of carbonyl (C=O) groups is 1. The molecule has 2 N–H and O–H groups in total. The number of nitrogens with zero attached hydrogens (tertiary/aromatic N) is 2. The van der Waals surface area contributed by atoms with Gasteiger partial charge in [0, 0.05) is 19.6 Å². The number of likely N-dealkylation sites (tertiary alicyclic amines) is 1. The Labute approximate surface area is 196 Å². The van der Waals surface area contributed by atoms with Gasteiger partial charge in [0.2, 0.25) is 0 Å². The molecule has 7 nitrogen and oxygen atoms in total. The molecule has 0 aromatic heterocycles. The number of hydrogen-bond donors (Lipinski definition) is 2. The van der Waals surface area contributed by atoms with Gasteiger partial charge in [0.15, 0.2) is 0 Å². The molecule has 0 unspecified atom stereocenters. The second kappa shape index (κ2) is 9.73. The minimum absolute atomic E-state index is 0.0579. The molecule has 2 fully saturated rings. The largest absolute Gasteiger partial charge is 0.478 e. The van der Waals surface area contributed by atoms with Crippen LogP contribution in [0.3, 0.4) is 0 Å². The number of anilines is 2. The number of rotatable bonds is 7. The van der Waals surface area contributed by atoms with E-state index < -0.39 is 16.0 Å². The van der Waals surface area contributed by atoms with Crippen molar-refractivity contribution in [3.8, 4) is 0 Å². The molecule has 178 valence electrons. The predicted molar refractivity (Wildman–Crippen MR) is 131 cm³/mol. The van der Waals surface area contributed by atoms with Crippen LogP contribution >= 0.6 is 0 Å². The summed E-state index contributed by atoms with van der Waals surface area (Å²) in [6.07, 6.45) is 4.71. The average molecular weight is 472 g/mol. The minimum Gasteiger partial charge on any atom is -0.478 e. The van der Waals surface area contributed by atoms with Crippen LogP contribution in [0.4, 0.5) is 11.4 Å². The van der Waals surface area contributed by atoms with Crippen molar-refractivity contribution in [2.24, 2.45) is 5.92 Å². The lowest BCUT2D eigenvalue weighted by molar-refractivity contribution is 0.0697. The lowest BCUT2D eigenvalue weighted by atomic mass is 9.96. The Morgan fingerprint density at radius 1 is 1.03 bits per heavy atom. The molecule has 4 rings (SSSR count). The third kappa shape index (κ3) is 5.68. The van der Waals surface area contributed by atoms with Gasteiger partial charge in [-0.3, -0.25) is 4.72 Å². The zero-order valence-corrected chi connectivity index (χ0v) is 20.2. The second-order valence-electron chi connectivity index (χ2n) is 9.43. The molecule has 2 heterocycles. The van der Waals surface area contributed by atoms with Crippen LogP contribution in [0.15, 0.2) is 41.3 Å². The van der Waals surface area contributed by atoms with Gasteiger partial charge >= 0.3 is 5.97 Å². The number of aromatic carboxylic acids is 1. The first-order chi connectivity index (χ1) is 15.7. The van der Waals surface area contributed by atoms with Crippen molar-refractivity contribution < 1.29 is 18.3 Å². The highest BCUT2D eigenvalue weighted by atomic mass is 32.2. The normalized spacial score (nSPS) is 19.6. The molecule has 0 saturated carbocycles. The van der Waals surface area contributed by atoms with Crippen molar-refractivity contribution in [1.29, 1.82) is 0 Å². The zero-order chi connectivity index (χ0) is 23.6. The van der Waals surface area contributed by atoms with Gasteiger partial charge in [0.1, 0.15) is 0 Å². The molecule has 2 aliphatic heterocycles. The third-order valence-corrected chi connectivity index (χ3v) is 7.91. The van der Waals surface area contributed by atoms with Gasteiger partial charge in [-0.25, -0.2) is 13.2 Å². The summed E-state index contributed by atoms with van der Waals surface area (Å²) in [6, 6.07) is 9.90. The van der Waals surface area contributed by atoms with Crippen LogP contribution in [-0.2, 0) is 10.0 Å². The molecule has 8 heteroatoms. The highest BCUT2D eigenvalue weighted by Gasteiger charge is 2.26. The van der Waals surface area contributed by atoms with Gasteiger partial charge < -0.3 is 14.9 Å². The minimum atomic E-state index is -3.87. The fraction of sp³-hybridized carbons (Fsp3) is 0.480. The molecule has 2 aliphatic rings. The third-order valence-electron chi connectivity index (χ3n) is 6.57. The van der Waals surface area contributed by atoms with E-state index >= 15 is 0 Å². The summed E-state index contributed by atoms with van der Waals surface area (Å²) >= 11 is 0. The summed E-state index contributed by atoms with van der Waals surface area (Å²) in [5.74, 6) is -0.571. The molecule has 2 aromatic rings. The molecule has 1 atom stereocenters. The second-order valence-corrected chi connectivity index (χ2v) is 11.1. The smallest absolute Gasteiger partial charge is 0.335 e. The highest BCUT2D eigenvalue weighted by Crippen LogP contribution is 2.33. The predicted octanol–water partition coefficient (Wildman–Crippen LogP) is 4.11. The van der Waals surface area contributed by atoms with E-state index in [0.717, 1.165) is 62.4 Å². The standard InChI is InChI=1S/C25H33N3O4S/c1-18-12-19(2)14-22(13-18)33(31,32)26-23-15-21(25(29)30)7-8-24(23)28-11-5-6-20(17-28)16-27-9-3-4-10-27/h7-8,12-15,20,26H,3-6,9-11,16-17H2,1-2H3,(H,29,30)/t20-/m1/s1. The molecule has 0 radical (unpaired) electrons. The summed E-state index contributed by atoms with van der Waals surface area (Å²) in [4.78, 5) is 16.5. The Balaban J connectivity index is 1.62. The average Bonchev–Trinajstić information content (AvgIpc) is 3.26. The Kier molecular flexibility index (Phi) is 6.95. The maximum Gasteiger partial charge on any atom is 0.335 e. The van der Waals surface area contributed by atoms with E-state index in [1.54, 1.807) is 24.3 Å². The number of hydrogen-bond acceptors (Lipinski definition) is 5. The molecular formula is C25H33N3O4S. The fourth-order valence-corrected chi connectivity index (χ4v) is 6.33. The first-order valence-corrected chi connectivity index (χ1v) is 13.2. The Hall–Kier alpha value is -2.58. The van der Waals surface area contributed by atoms with Crippen LogP contribution in [0.2, 0.25) is 0 Å². The quantitative estimate of drug-likeness (QED) is 0.632. The summed E-state index contributed by atoms with van der Waals surface area (Å²) in [6.45, 7) is 8.75. The highest BCUT2D eigenvalue weighted by molar-refractivity contribution is 7.92. The SMILES string of the molecule is Cc1cc(C)cc(S(=O)(=O)Nc2cc(C(=O)O)ccc2N2CCC[C@H](CN3CCCC3)C2)c1. The van der Waals surface area contributed by atoms with Crippen molar-refractivity contribution in [2.45, 2.75) is 44.4 Å².